The van der Waals surface area contributed by atoms with E-state index in [2.05, 4.69) is 22.0 Å². The predicted octanol–water partition coefficient (Wildman–Crippen LogP) is 7.40. The van der Waals surface area contributed by atoms with Gasteiger partial charge in [0, 0.05) is 20.6 Å². The van der Waals surface area contributed by atoms with Crippen molar-refractivity contribution in [2.45, 2.75) is 6.61 Å². The topological polar surface area (TPSA) is 33.0 Å². The Morgan fingerprint density at radius 3 is 2.52 bits per heavy atom. The first-order valence-corrected chi connectivity index (χ1v) is 9.65. The Hall–Kier alpha value is -2.25. The Balaban J connectivity index is 1.95. The van der Waals surface area contributed by atoms with Crippen LogP contribution in [0.4, 0.5) is 0 Å². The standard InChI is InChI=1S/C22H14BrCl2NO/c23-18-6-9-22(27-14-15-4-2-1-3-5-15)16(11-18)10-17(13-26)20-8-7-19(24)12-21(20)25/h1-12H,14H2/b17-10+. The number of benzene rings is 3. The highest BCUT2D eigenvalue weighted by molar-refractivity contribution is 9.10. The quantitative estimate of drug-likeness (QED) is 0.294. The molecule has 3 aromatic carbocycles. The van der Waals surface area contributed by atoms with Crippen LogP contribution in [0.25, 0.3) is 11.6 Å². The molecule has 0 fully saturated rings. The molecule has 0 aliphatic rings. The third-order valence-corrected chi connectivity index (χ3v) is 4.89. The first-order chi connectivity index (χ1) is 13.1. The molecule has 0 spiro atoms. The van der Waals surface area contributed by atoms with E-state index in [9.17, 15) is 5.26 Å². The number of halogens is 3. The zero-order chi connectivity index (χ0) is 19.2. The van der Waals surface area contributed by atoms with Gasteiger partial charge >= 0.3 is 0 Å². The Kier molecular flexibility index (Phi) is 6.58. The number of allylic oxidation sites excluding steroid dienone is 1. The summed E-state index contributed by atoms with van der Waals surface area (Å²) in [4.78, 5) is 0. The minimum absolute atomic E-state index is 0.428. The Bertz CT molecular complexity index is 1030. The van der Waals surface area contributed by atoms with Crippen LogP contribution in [0, 0.1) is 11.3 Å². The third-order valence-electron chi connectivity index (χ3n) is 3.85. The van der Waals surface area contributed by atoms with Gasteiger partial charge in [0.05, 0.1) is 16.7 Å². The summed E-state index contributed by atoms with van der Waals surface area (Å²) < 4.78 is 6.87. The van der Waals surface area contributed by atoms with Gasteiger partial charge in [0.25, 0.3) is 0 Å². The zero-order valence-electron chi connectivity index (χ0n) is 14.1. The molecule has 0 heterocycles. The van der Waals surface area contributed by atoms with Gasteiger partial charge in [-0.05, 0) is 42.0 Å². The summed E-state index contributed by atoms with van der Waals surface area (Å²) in [5.74, 6) is 0.680. The van der Waals surface area contributed by atoms with Gasteiger partial charge in [0.15, 0.2) is 0 Å². The van der Waals surface area contributed by atoms with Crippen molar-refractivity contribution in [2.75, 3.05) is 0 Å². The lowest BCUT2D eigenvalue weighted by Crippen LogP contribution is -1.97. The average molecular weight is 459 g/mol. The van der Waals surface area contributed by atoms with Crippen molar-refractivity contribution in [3.63, 3.8) is 0 Å². The van der Waals surface area contributed by atoms with Gasteiger partial charge in [0.1, 0.15) is 12.4 Å². The third kappa shape index (κ3) is 5.14. The summed E-state index contributed by atoms with van der Waals surface area (Å²) in [5.41, 5.74) is 2.90. The molecular weight excluding hydrogens is 445 g/mol. The fourth-order valence-corrected chi connectivity index (χ4v) is 3.42. The van der Waals surface area contributed by atoms with Gasteiger partial charge < -0.3 is 4.74 Å². The molecule has 0 bridgehead atoms. The molecule has 134 valence electrons. The molecule has 0 aliphatic carbocycles. The lowest BCUT2D eigenvalue weighted by molar-refractivity contribution is 0.305. The van der Waals surface area contributed by atoms with Gasteiger partial charge in [0.2, 0.25) is 0 Å². The molecule has 0 aliphatic heterocycles. The molecule has 0 unspecified atom stereocenters. The highest BCUT2D eigenvalue weighted by atomic mass is 79.9. The number of rotatable bonds is 5. The monoisotopic (exact) mass is 457 g/mol. The van der Waals surface area contributed by atoms with Crippen molar-refractivity contribution in [3.8, 4) is 11.8 Å². The summed E-state index contributed by atoms with van der Waals surface area (Å²) in [7, 11) is 0. The predicted molar refractivity (Wildman–Crippen MR) is 115 cm³/mol. The minimum Gasteiger partial charge on any atom is -0.488 e. The van der Waals surface area contributed by atoms with Gasteiger partial charge in [-0.15, -0.1) is 0 Å². The molecule has 27 heavy (non-hydrogen) atoms. The maximum atomic E-state index is 9.64. The second kappa shape index (κ2) is 9.10. The summed E-state index contributed by atoms with van der Waals surface area (Å²) in [6.45, 7) is 0.437. The highest BCUT2D eigenvalue weighted by Crippen LogP contribution is 2.32. The number of hydrogen-bond acceptors (Lipinski definition) is 2. The molecule has 0 amide bonds. The van der Waals surface area contributed by atoms with E-state index in [4.69, 9.17) is 27.9 Å². The second-order valence-corrected chi connectivity index (χ2v) is 7.51. The first-order valence-electron chi connectivity index (χ1n) is 8.10. The van der Waals surface area contributed by atoms with E-state index in [-0.39, 0.29) is 0 Å². The van der Waals surface area contributed by atoms with E-state index < -0.39 is 0 Å². The number of ether oxygens (including phenoxy) is 1. The lowest BCUT2D eigenvalue weighted by atomic mass is 10.0. The SMILES string of the molecule is N#C/C(=C\c1cc(Br)ccc1OCc1ccccc1)c1ccc(Cl)cc1Cl. The normalized spacial score (nSPS) is 11.1. The highest BCUT2D eigenvalue weighted by Gasteiger charge is 2.10. The second-order valence-electron chi connectivity index (χ2n) is 5.75. The van der Waals surface area contributed by atoms with Crippen molar-refractivity contribution in [1.82, 2.24) is 0 Å². The molecular formula is C22H14BrCl2NO. The number of nitrogens with zero attached hydrogens (tertiary/aromatic N) is 1. The van der Waals surface area contributed by atoms with E-state index in [0.29, 0.717) is 33.5 Å². The van der Waals surface area contributed by atoms with Crippen LogP contribution in [0.2, 0.25) is 10.0 Å². The smallest absolute Gasteiger partial charge is 0.127 e. The van der Waals surface area contributed by atoms with Crippen molar-refractivity contribution in [2.24, 2.45) is 0 Å². The zero-order valence-corrected chi connectivity index (χ0v) is 17.2. The van der Waals surface area contributed by atoms with Crippen molar-refractivity contribution in [3.05, 3.63) is 97.9 Å². The van der Waals surface area contributed by atoms with E-state index in [1.807, 2.05) is 48.5 Å². The molecule has 3 aromatic rings. The average Bonchev–Trinajstić information content (AvgIpc) is 2.67. The largest absolute Gasteiger partial charge is 0.488 e. The van der Waals surface area contributed by atoms with Crippen LogP contribution >= 0.6 is 39.1 Å². The molecule has 0 saturated heterocycles. The van der Waals surface area contributed by atoms with Crippen LogP contribution < -0.4 is 4.74 Å². The fourth-order valence-electron chi connectivity index (χ4n) is 2.53. The van der Waals surface area contributed by atoms with Gasteiger partial charge in [-0.1, -0.05) is 75.5 Å². The molecule has 2 nitrogen and oxygen atoms in total. The van der Waals surface area contributed by atoms with Gasteiger partial charge in [-0.3, -0.25) is 0 Å². The van der Waals surface area contributed by atoms with Crippen molar-refractivity contribution in [1.29, 1.82) is 5.26 Å². The van der Waals surface area contributed by atoms with Crippen LogP contribution in [-0.2, 0) is 6.61 Å². The van der Waals surface area contributed by atoms with E-state index in [1.165, 1.54) is 0 Å². The number of nitriles is 1. The Morgan fingerprint density at radius 1 is 1.04 bits per heavy atom. The minimum atomic E-state index is 0.428. The molecule has 5 heteroatoms. The summed E-state index contributed by atoms with van der Waals surface area (Å²) in [5, 5.41) is 10.6. The first kappa shape index (κ1) is 19.5. The molecule has 0 aromatic heterocycles. The van der Waals surface area contributed by atoms with Crippen LogP contribution in [0.3, 0.4) is 0 Å². The van der Waals surface area contributed by atoms with Crippen LogP contribution in [0.15, 0.2) is 71.2 Å². The van der Waals surface area contributed by atoms with E-state index in [1.54, 1.807) is 24.3 Å². The summed E-state index contributed by atoms with van der Waals surface area (Å²) in [6.07, 6.45) is 1.76. The molecule has 0 N–H and O–H groups in total. The summed E-state index contributed by atoms with van der Waals surface area (Å²) >= 11 is 15.7. The maximum absolute atomic E-state index is 9.64. The number of hydrogen-bond donors (Lipinski definition) is 0. The van der Waals surface area contributed by atoms with Crippen LogP contribution in [0.1, 0.15) is 16.7 Å². The molecule has 0 saturated carbocycles. The van der Waals surface area contributed by atoms with Crippen LogP contribution in [0.5, 0.6) is 5.75 Å². The van der Waals surface area contributed by atoms with Gasteiger partial charge in [-0.25, -0.2) is 0 Å². The van der Waals surface area contributed by atoms with Crippen LogP contribution in [-0.4, -0.2) is 0 Å². The molecule has 0 atom stereocenters. The molecule has 3 rings (SSSR count). The van der Waals surface area contributed by atoms with E-state index in [0.717, 1.165) is 15.6 Å². The Morgan fingerprint density at radius 2 is 1.81 bits per heavy atom. The Labute approximate surface area is 176 Å². The fraction of sp³-hybridized carbons (Fsp3) is 0.0455. The molecule has 0 radical (unpaired) electrons. The van der Waals surface area contributed by atoms with Gasteiger partial charge in [-0.2, -0.15) is 5.26 Å². The lowest BCUT2D eigenvalue weighted by Gasteiger charge is -2.11. The summed E-state index contributed by atoms with van der Waals surface area (Å²) in [6, 6.07) is 22.9. The van der Waals surface area contributed by atoms with Crippen molar-refractivity contribution >= 4 is 50.8 Å². The van der Waals surface area contributed by atoms with E-state index >= 15 is 0 Å². The maximum Gasteiger partial charge on any atom is 0.127 e. The van der Waals surface area contributed by atoms with Crippen molar-refractivity contribution < 1.29 is 4.74 Å².